The van der Waals surface area contributed by atoms with Crippen LogP contribution in [0, 0.1) is 10.1 Å². The molecule has 1 N–H and O–H groups in total. The van der Waals surface area contributed by atoms with E-state index >= 15 is 0 Å². The smallest absolute Gasteiger partial charge is 0.350 e. The number of hydrogen-bond donors (Lipinski definition) is 1. The molecule has 2 aromatic carbocycles. The first-order valence-corrected chi connectivity index (χ1v) is 10.3. The van der Waals surface area contributed by atoms with Crippen molar-refractivity contribution >= 4 is 41.0 Å². The van der Waals surface area contributed by atoms with Gasteiger partial charge in [-0.05, 0) is 31.2 Å². The quantitative estimate of drug-likeness (QED) is 0.269. The van der Waals surface area contributed by atoms with Gasteiger partial charge in [-0.1, -0.05) is 41.4 Å². The van der Waals surface area contributed by atoms with E-state index in [0.717, 1.165) is 16.4 Å². The van der Waals surface area contributed by atoms with Crippen LogP contribution >= 0.6 is 23.2 Å². The van der Waals surface area contributed by atoms with Crippen molar-refractivity contribution in [2.75, 3.05) is 7.11 Å². The largest absolute Gasteiger partial charge is 0.488 e. The Balaban J connectivity index is 1.69. The minimum Gasteiger partial charge on any atom is -0.488 e. The maximum absolute atomic E-state index is 12.4. The van der Waals surface area contributed by atoms with Crippen LogP contribution in [-0.2, 0) is 11.4 Å². The monoisotopic (exact) mass is 491 g/mol. The maximum atomic E-state index is 12.4. The minimum atomic E-state index is -0.889. The highest BCUT2D eigenvalue weighted by atomic mass is 35.5. The van der Waals surface area contributed by atoms with E-state index in [1.54, 1.807) is 24.3 Å². The number of rotatable bonds is 9. The van der Waals surface area contributed by atoms with Crippen LogP contribution in [-0.4, -0.2) is 33.9 Å². The fourth-order valence-electron chi connectivity index (χ4n) is 2.74. The lowest BCUT2D eigenvalue weighted by atomic mass is 10.2. The van der Waals surface area contributed by atoms with Crippen LogP contribution in [0.3, 0.4) is 0 Å². The molecule has 1 atom stereocenters. The summed E-state index contributed by atoms with van der Waals surface area (Å²) < 4.78 is 11.8. The van der Waals surface area contributed by atoms with E-state index in [2.05, 4.69) is 15.6 Å². The molecule has 1 heterocycles. The fraction of sp³-hybridized carbons (Fsp3) is 0.190. The number of nitrogens with one attached hydrogen (secondary N) is 1. The van der Waals surface area contributed by atoms with Gasteiger partial charge in [0, 0.05) is 21.2 Å². The van der Waals surface area contributed by atoms with E-state index in [1.165, 1.54) is 20.2 Å². The number of hydrazone groups is 1. The van der Waals surface area contributed by atoms with E-state index in [4.69, 9.17) is 32.7 Å². The van der Waals surface area contributed by atoms with Gasteiger partial charge in [-0.15, -0.1) is 5.10 Å². The number of amides is 1. The predicted octanol–water partition coefficient (Wildman–Crippen LogP) is 4.40. The molecule has 0 aliphatic rings. The molecule has 0 saturated heterocycles. The highest BCUT2D eigenvalue weighted by Gasteiger charge is 2.25. The molecule has 12 heteroatoms. The summed E-state index contributed by atoms with van der Waals surface area (Å²) in [4.78, 5) is 22.9. The number of carbonyl (C=O) groups is 1. The lowest BCUT2D eigenvalue weighted by Crippen LogP contribution is -2.27. The van der Waals surface area contributed by atoms with Gasteiger partial charge in [0.2, 0.25) is 0 Å². The van der Waals surface area contributed by atoms with Crippen LogP contribution in [0.2, 0.25) is 10.0 Å². The van der Waals surface area contributed by atoms with Crippen molar-refractivity contribution in [2.45, 2.75) is 19.6 Å². The summed E-state index contributed by atoms with van der Waals surface area (Å²) in [7, 11) is 1.26. The molecule has 1 unspecified atom stereocenters. The number of benzene rings is 2. The van der Waals surface area contributed by atoms with Crippen molar-refractivity contribution in [2.24, 2.45) is 5.10 Å². The summed E-state index contributed by atoms with van der Waals surface area (Å²) in [5, 5.41) is 20.0. The summed E-state index contributed by atoms with van der Waals surface area (Å²) in [6.45, 7) is 1.74. The van der Waals surface area contributed by atoms with E-state index in [1.807, 2.05) is 18.2 Å². The van der Waals surface area contributed by atoms with Gasteiger partial charge in [-0.25, -0.2) is 10.1 Å². The molecule has 0 saturated carbocycles. The van der Waals surface area contributed by atoms with Crippen molar-refractivity contribution in [3.8, 4) is 11.6 Å². The van der Waals surface area contributed by atoms with Crippen LogP contribution in [0.25, 0.3) is 0 Å². The molecular formula is C21H19Cl2N5O5. The van der Waals surface area contributed by atoms with Crippen LogP contribution < -0.4 is 14.9 Å². The van der Waals surface area contributed by atoms with E-state index in [9.17, 15) is 14.9 Å². The summed E-state index contributed by atoms with van der Waals surface area (Å²) in [5.41, 5.74) is 3.36. The lowest BCUT2D eigenvalue weighted by Gasteiger charge is -2.11. The second-order valence-corrected chi connectivity index (χ2v) is 7.58. The van der Waals surface area contributed by atoms with Crippen LogP contribution in [0.5, 0.6) is 11.6 Å². The van der Waals surface area contributed by atoms with Crippen molar-refractivity contribution in [1.82, 2.24) is 15.2 Å². The van der Waals surface area contributed by atoms with Gasteiger partial charge in [-0.2, -0.15) is 5.10 Å². The third-order valence-electron chi connectivity index (χ3n) is 4.54. The average Bonchev–Trinajstić information content (AvgIpc) is 3.24. The van der Waals surface area contributed by atoms with Crippen molar-refractivity contribution in [3.05, 3.63) is 79.9 Å². The standard InChI is InChI=1S/C21H19Cl2N5O5/c1-13(27-11-18(28(30)31)21(26-27)32-2)20(29)25-24-10-15-9-16(22)7-8-19(15)33-12-14-5-3-4-6-17(14)23/h3-11,13H,12H2,1-2H3,(H,25,29). The van der Waals surface area contributed by atoms with Crippen LogP contribution in [0.15, 0.2) is 53.8 Å². The molecule has 0 aliphatic heterocycles. The SMILES string of the molecule is COc1nn(C(C)C(=O)NN=Cc2cc(Cl)ccc2OCc2ccccc2Cl)cc1[N+](=O)[O-]. The molecule has 3 aromatic rings. The topological polar surface area (TPSA) is 121 Å². The molecule has 1 amide bonds. The Kier molecular flexibility index (Phi) is 7.86. The molecule has 172 valence electrons. The Bertz CT molecular complexity index is 1200. The number of nitro groups is 1. The second kappa shape index (κ2) is 10.8. The molecule has 3 rings (SSSR count). The zero-order valence-corrected chi connectivity index (χ0v) is 19.1. The number of ether oxygens (including phenoxy) is 2. The average molecular weight is 492 g/mol. The third kappa shape index (κ3) is 5.99. The van der Waals surface area contributed by atoms with E-state index in [0.29, 0.717) is 21.4 Å². The van der Waals surface area contributed by atoms with Gasteiger partial charge in [-0.3, -0.25) is 14.9 Å². The van der Waals surface area contributed by atoms with Crippen molar-refractivity contribution in [3.63, 3.8) is 0 Å². The molecular weight excluding hydrogens is 473 g/mol. The summed E-state index contributed by atoms with van der Waals surface area (Å²) >= 11 is 12.2. The number of halogens is 2. The number of methoxy groups -OCH3 is 1. The third-order valence-corrected chi connectivity index (χ3v) is 5.14. The van der Waals surface area contributed by atoms with Crippen LogP contribution in [0.4, 0.5) is 5.69 Å². The lowest BCUT2D eigenvalue weighted by molar-refractivity contribution is -0.385. The number of aromatic nitrogens is 2. The normalized spacial score (nSPS) is 11.9. The first-order chi connectivity index (χ1) is 15.8. The first kappa shape index (κ1) is 24.0. The van der Waals surface area contributed by atoms with E-state index in [-0.39, 0.29) is 18.2 Å². The second-order valence-electron chi connectivity index (χ2n) is 6.73. The van der Waals surface area contributed by atoms with Crippen LogP contribution in [0.1, 0.15) is 24.1 Å². The molecule has 33 heavy (non-hydrogen) atoms. The predicted molar refractivity (Wildman–Crippen MR) is 123 cm³/mol. The van der Waals surface area contributed by atoms with Crippen molar-refractivity contribution < 1.29 is 19.2 Å². The molecule has 0 spiro atoms. The van der Waals surface area contributed by atoms with Gasteiger partial charge in [0.25, 0.3) is 5.91 Å². The first-order valence-electron chi connectivity index (χ1n) is 9.56. The summed E-state index contributed by atoms with van der Waals surface area (Å²) in [6.07, 6.45) is 2.50. The Morgan fingerprint density at radius 2 is 2.09 bits per heavy atom. The molecule has 0 radical (unpaired) electrons. The molecule has 0 aliphatic carbocycles. The summed E-state index contributed by atoms with van der Waals surface area (Å²) in [5.74, 6) is -0.257. The van der Waals surface area contributed by atoms with Gasteiger partial charge < -0.3 is 9.47 Å². The Morgan fingerprint density at radius 3 is 2.76 bits per heavy atom. The van der Waals surface area contributed by atoms with Gasteiger partial charge in [0.1, 0.15) is 24.6 Å². The Morgan fingerprint density at radius 1 is 1.33 bits per heavy atom. The zero-order chi connectivity index (χ0) is 24.0. The minimum absolute atomic E-state index is 0.192. The van der Waals surface area contributed by atoms with Gasteiger partial charge >= 0.3 is 11.6 Å². The van der Waals surface area contributed by atoms with Crippen molar-refractivity contribution in [1.29, 1.82) is 0 Å². The molecule has 0 fully saturated rings. The zero-order valence-electron chi connectivity index (χ0n) is 17.6. The fourth-order valence-corrected chi connectivity index (χ4v) is 3.11. The molecule has 1 aromatic heterocycles. The number of carbonyl (C=O) groups excluding carboxylic acids is 1. The summed E-state index contributed by atoms with van der Waals surface area (Å²) in [6, 6.07) is 11.4. The van der Waals surface area contributed by atoms with Gasteiger partial charge in [0.15, 0.2) is 0 Å². The maximum Gasteiger partial charge on any atom is 0.350 e. The number of nitrogens with zero attached hydrogens (tertiary/aromatic N) is 4. The Labute approximate surface area is 198 Å². The Hall–Kier alpha value is -3.63. The van der Waals surface area contributed by atoms with Gasteiger partial charge in [0.05, 0.1) is 18.2 Å². The highest BCUT2D eigenvalue weighted by molar-refractivity contribution is 6.31. The molecule has 0 bridgehead atoms. The number of hydrogen-bond acceptors (Lipinski definition) is 7. The molecule has 10 nitrogen and oxygen atoms in total. The highest BCUT2D eigenvalue weighted by Crippen LogP contribution is 2.26. The van der Waals surface area contributed by atoms with E-state index < -0.39 is 16.9 Å².